The zero-order valence-electron chi connectivity index (χ0n) is 7.26. The molecule has 1 atom stereocenters. The molecule has 0 aromatic carbocycles. The molecule has 0 amide bonds. The largest absolute Gasteiger partial charge is 0.395 e. The second-order valence-electron chi connectivity index (χ2n) is 2.85. The first-order valence-corrected chi connectivity index (χ1v) is 3.73. The minimum atomic E-state index is -0.211. The lowest BCUT2D eigenvalue weighted by Gasteiger charge is -2.28. The lowest BCUT2D eigenvalue weighted by Crippen LogP contribution is -2.52. The number of aliphatic hydroxyl groups excluding tert-OH is 1. The highest BCUT2D eigenvalue weighted by Crippen LogP contribution is 2.00. The van der Waals surface area contributed by atoms with Gasteiger partial charge in [0.1, 0.15) is 0 Å². The third-order valence-electron chi connectivity index (χ3n) is 1.58. The van der Waals surface area contributed by atoms with Gasteiger partial charge in [-0.2, -0.15) is 0 Å². The van der Waals surface area contributed by atoms with Crippen molar-refractivity contribution >= 4 is 0 Å². The van der Waals surface area contributed by atoms with Crippen LogP contribution in [0.1, 0.15) is 6.92 Å². The molecule has 0 aliphatic rings. The summed E-state index contributed by atoms with van der Waals surface area (Å²) in [7, 11) is 1.63. The summed E-state index contributed by atoms with van der Waals surface area (Å²) in [6.45, 7) is 3.70. The molecule has 4 heteroatoms. The van der Waals surface area contributed by atoms with Crippen molar-refractivity contribution in [1.82, 2.24) is 5.32 Å². The summed E-state index contributed by atoms with van der Waals surface area (Å²) in [5.41, 5.74) is 5.30. The van der Waals surface area contributed by atoms with Gasteiger partial charge < -0.3 is 20.9 Å². The molecule has 0 rings (SSSR count). The predicted octanol–water partition coefficient (Wildman–Crippen LogP) is -1.07. The summed E-state index contributed by atoms with van der Waals surface area (Å²) in [4.78, 5) is 0. The Bertz CT molecular complexity index is 100. The van der Waals surface area contributed by atoms with Crippen molar-refractivity contribution in [2.45, 2.75) is 12.5 Å². The molecule has 0 aliphatic carbocycles. The van der Waals surface area contributed by atoms with E-state index in [0.29, 0.717) is 19.7 Å². The summed E-state index contributed by atoms with van der Waals surface area (Å²) in [5.74, 6) is 0. The summed E-state index contributed by atoms with van der Waals surface area (Å²) >= 11 is 0. The van der Waals surface area contributed by atoms with Crippen LogP contribution in [0.25, 0.3) is 0 Å². The van der Waals surface area contributed by atoms with Gasteiger partial charge in [0, 0.05) is 20.2 Å². The van der Waals surface area contributed by atoms with Gasteiger partial charge in [0.25, 0.3) is 0 Å². The van der Waals surface area contributed by atoms with Crippen molar-refractivity contribution in [2.24, 2.45) is 5.73 Å². The molecule has 0 aliphatic heterocycles. The molecule has 0 saturated heterocycles. The number of rotatable bonds is 6. The number of ether oxygens (including phenoxy) is 1. The Morgan fingerprint density at radius 1 is 1.64 bits per heavy atom. The Kier molecular flexibility index (Phi) is 5.41. The van der Waals surface area contributed by atoms with Crippen molar-refractivity contribution in [1.29, 1.82) is 0 Å². The maximum atomic E-state index is 8.55. The summed E-state index contributed by atoms with van der Waals surface area (Å²) in [6, 6.07) is 0. The van der Waals surface area contributed by atoms with E-state index in [9.17, 15) is 0 Å². The lowest BCUT2D eigenvalue weighted by molar-refractivity contribution is 0.118. The minimum Gasteiger partial charge on any atom is -0.395 e. The maximum absolute atomic E-state index is 8.55. The fourth-order valence-electron chi connectivity index (χ4n) is 0.858. The second-order valence-corrected chi connectivity index (χ2v) is 2.85. The zero-order valence-corrected chi connectivity index (χ0v) is 7.26. The van der Waals surface area contributed by atoms with Crippen molar-refractivity contribution in [3.05, 3.63) is 0 Å². The Morgan fingerprint density at radius 2 is 2.27 bits per heavy atom. The summed E-state index contributed by atoms with van der Waals surface area (Å²) in [5, 5.41) is 11.6. The van der Waals surface area contributed by atoms with Crippen LogP contribution in [0.4, 0.5) is 0 Å². The first kappa shape index (κ1) is 10.8. The molecule has 4 nitrogen and oxygen atoms in total. The highest BCUT2D eigenvalue weighted by atomic mass is 16.5. The highest BCUT2D eigenvalue weighted by Gasteiger charge is 2.20. The van der Waals surface area contributed by atoms with Crippen LogP contribution < -0.4 is 11.1 Å². The van der Waals surface area contributed by atoms with Gasteiger partial charge in [0.15, 0.2) is 0 Å². The Hall–Kier alpha value is -0.160. The molecule has 0 heterocycles. The SMILES string of the molecule is COCC(C)(CN)NCCO. The normalized spacial score (nSPS) is 16.4. The van der Waals surface area contributed by atoms with Gasteiger partial charge >= 0.3 is 0 Å². The van der Waals surface area contributed by atoms with Crippen molar-refractivity contribution in [3.8, 4) is 0 Å². The van der Waals surface area contributed by atoms with Gasteiger partial charge in [0.05, 0.1) is 18.8 Å². The molecule has 68 valence electrons. The van der Waals surface area contributed by atoms with E-state index in [1.165, 1.54) is 0 Å². The molecule has 4 N–H and O–H groups in total. The van der Waals surface area contributed by atoms with Crippen molar-refractivity contribution < 1.29 is 9.84 Å². The quantitative estimate of drug-likeness (QED) is 0.465. The molecule has 1 unspecified atom stereocenters. The average molecular weight is 162 g/mol. The molecular formula is C7H18N2O2. The Labute approximate surface area is 67.7 Å². The third-order valence-corrected chi connectivity index (χ3v) is 1.58. The lowest BCUT2D eigenvalue weighted by atomic mass is 10.0. The number of hydrogen-bond donors (Lipinski definition) is 3. The van der Waals surface area contributed by atoms with E-state index in [1.807, 2.05) is 6.92 Å². The van der Waals surface area contributed by atoms with Crippen LogP contribution in [-0.4, -0.2) is 44.1 Å². The van der Waals surface area contributed by atoms with E-state index >= 15 is 0 Å². The molecule has 0 aromatic heterocycles. The molecule has 0 radical (unpaired) electrons. The summed E-state index contributed by atoms with van der Waals surface area (Å²) in [6.07, 6.45) is 0. The fraction of sp³-hybridized carbons (Fsp3) is 1.00. The first-order chi connectivity index (χ1) is 5.18. The molecule has 0 bridgehead atoms. The third kappa shape index (κ3) is 4.31. The van der Waals surface area contributed by atoms with Crippen LogP contribution in [0.2, 0.25) is 0 Å². The van der Waals surface area contributed by atoms with E-state index in [1.54, 1.807) is 7.11 Å². The van der Waals surface area contributed by atoms with Gasteiger partial charge in [-0.25, -0.2) is 0 Å². The van der Waals surface area contributed by atoms with Crippen LogP contribution in [-0.2, 0) is 4.74 Å². The number of nitrogens with one attached hydrogen (secondary N) is 1. The number of nitrogens with two attached hydrogens (primary N) is 1. The fourth-order valence-corrected chi connectivity index (χ4v) is 0.858. The van der Waals surface area contributed by atoms with E-state index in [0.717, 1.165) is 0 Å². The number of hydrogen-bond acceptors (Lipinski definition) is 4. The van der Waals surface area contributed by atoms with E-state index in [4.69, 9.17) is 15.6 Å². The number of β-amino-alcohol motifs (C(OH)–C–C–N with tert-alkyl or cyclic N) is 1. The molecule has 11 heavy (non-hydrogen) atoms. The zero-order chi connectivity index (χ0) is 8.74. The topological polar surface area (TPSA) is 67.5 Å². The summed E-state index contributed by atoms with van der Waals surface area (Å²) < 4.78 is 4.97. The van der Waals surface area contributed by atoms with Crippen molar-refractivity contribution in [3.63, 3.8) is 0 Å². The number of methoxy groups -OCH3 is 1. The molecule has 0 spiro atoms. The van der Waals surface area contributed by atoms with Gasteiger partial charge in [-0.15, -0.1) is 0 Å². The maximum Gasteiger partial charge on any atom is 0.0654 e. The highest BCUT2D eigenvalue weighted by molar-refractivity contribution is 4.83. The minimum absolute atomic E-state index is 0.124. The second kappa shape index (κ2) is 5.49. The smallest absolute Gasteiger partial charge is 0.0654 e. The number of aliphatic hydroxyl groups is 1. The van der Waals surface area contributed by atoms with Crippen LogP contribution >= 0.6 is 0 Å². The van der Waals surface area contributed by atoms with Gasteiger partial charge in [-0.1, -0.05) is 0 Å². The van der Waals surface area contributed by atoms with Gasteiger partial charge in [-0.05, 0) is 6.92 Å². The van der Waals surface area contributed by atoms with Crippen LogP contribution in [0.3, 0.4) is 0 Å². The average Bonchev–Trinajstić information content (AvgIpc) is 2.02. The standard InChI is InChI=1S/C7H18N2O2/c1-7(5-8,6-11-2)9-3-4-10/h9-10H,3-6,8H2,1-2H3. The van der Waals surface area contributed by atoms with Gasteiger partial charge in [0.2, 0.25) is 0 Å². The molecule has 0 fully saturated rings. The Morgan fingerprint density at radius 3 is 2.64 bits per heavy atom. The molecule has 0 saturated carbocycles. The van der Waals surface area contributed by atoms with Crippen LogP contribution in [0.5, 0.6) is 0 Å². The van der Waals surface area contributed by atoms with Crippen LogP contribution in [0.15, 0.2) is 0 Å². The molecule has 0 aromatic rings. The van der Waals surface area contributed by atoms with E-state index in [2.05, 4.69) is 5.32 Å². The van der Waals surface area contributed by atoms with Crippen molar-refractivity contribution in [2.75, 3.05) is 33.4 Å². The van der Waals surface area contributed by atoms with E-state index in [-0.39, 0.29) is 12.1 Å². The Balaban J connectivity index is 3.68. The molecular weight excluding hydrogens is 144 g/mol. The predicted molar refractivity (Wildman–Crippen MR) is 44.4 cm³/mol. The first-order valence-electron chi connectivity index (χ1n) is 3.73. The van der Waals surface area contributed by atoms with Gasteiger partial charge in [-0.3, -0.25) is 0 Å². The van der Waals surface area contributed by atoms with E-state index < -0.39 is 0 Å². The van der Waals surface area contributed by atoms with Crippen LogP contribution in [0, 0.1) is 0 Å². The monoisotopic (exact) mass is 162 g/mol.